The summed E-state index contributed by atoms with van der Waals surface area (Å²) in [5.41, 5.74) is 1.64. The molecule has 110 valence electrons. The molecule has 2 aromatic rings. The van der Waals surface area contributed by atoms with Gasteiger partial charge < -0.3 is 15.4 Å². The molecule has 0 heterocycles. The lowest BCUT2D eigenvalue weighted by Gasteiger charge is -2.15. The molecule has 4 nitrogen and oxygen atoms in total. The van der Waals surface area contributed by atoms with Crippen molar-refractivity contribution in [3.63, 3.8) is 0 Å². The SMILES string of the molecule is COc1ccc(NC(=O)C(C)Nc2ccc(Br)cc2)cc1. The fourth-order valence-electron chi connectivity index (χ4n) is 1.79. The number of carbonyl (C=O) groups excluding carboxylic acids is 1. The van der Waals surface area contributed by atoms with Crippen molar-refractivity contribution < 1.29 is 9.53 Å². The average molecular weight is 349 g/mol. The first-order chi connectivity index (χ1) is 10.1. The Morgan fingerprint density at radius 1 is 1.05 bits per heavy atom. The Labute approximate surface area is 132 Å². The van der Waals surface area contributed by atoms with E-state index < -0.39 is 0 Å². The molecule has 0 aromatic heterocycles. The molecule has 0 aliphatic rings. The van der Waals surface area contributed by atoms with Crippen molar-refractivity contribution >= 4 is 33.2 Å². The molecule has 0 spiro atoms. The van der Waals surface area contributed by atoms with Gasteiger partial charge in [0.05, 0.1) is 7.11 Å². The summed E-state index contributed by atoms with van der Waals surface area (Å²) in [6.45, 7) is 1.82. The lowest BCUT2D eigenvalue weighted by atomic mass is 10.2. The van der Waals surface area contributed by atoms with Crippen LogP contribution in [0, 0.1) is 0 Å². The maximum atomic E-state index is 12.1. The highest BCUT2D eigenvalue weighted by Crippen LogP contribution is 2.17. The highest BCUT2D eigenvalue weighted by atomic mass is 79.9. The zero-order valence-corrected chi connectivity index (χ0v) is 13.5. The Hall–Kier alpha value is -2.01. The van der Waals surface area contributed by atoms with Gasteiger partial charge >= 0.3 is 0 Å². The Kier molecular flexibility index (Phi) is 5.22. The number of ether oxygens (including phenoxy) is 1. The molecule has 1 unspecified atom stereocenters. The predicted octanol–water partition coefficient (Wildman–Crippen LogP) is 3.90. The smallest absolute Gasteiger partial charge is 0.246 e. The second kappa shape index (κ2) is 7.13. The molecule has 0 saturated heterocycles. The number of hydrogen-bond acceptors (Lipinski definition) is 3. The van der Waals surface area contributed by atoms with Crippen molar-refractivity contribution in [3.05, 3.63) is 53.0 Å². The number of amides is 1. The van der Waals surface area contributed by atoms with Crippen LogP contribution in [0.2, 0.25) is 0 Å². The fourth-order valence-corrected chi connectivity index (χ4v) is 2.05. The van der Waals surface area contributed by atoms with Crippen LogP contribution >= 0.6 is 15.9 Å². The van der Waals surface area contributed by atoms with E-state index in [-0.39, 0.29) is 11.9 Å². The van der Waals surface area contributed by atoms with Crippen LogP contribution < -0.4 is 15.4 Å². The number of hydrogen-bond donors (Lipinski definition) is 2. The molecule has 0 aliphatic carbocycles. The molecule has 21 heavy (non-hydrogen) atoms. The van der Waals surface area contributed by atoms with Gasteiger partial charge in [0.1, 0.15) is 11.8 Å². The molecule has 1 atom stereocenters. The highest BCUT2D eigenvalue weighted by Gasteiger charge is 2.12. The quantitative estimate of drug-likeness (QED) is 0.861. The van der Waals surface area contributed by atoms with Crippen LogP contribution in [0.4, 0.5) is 11.4 Å². The van der Waals surface area contributed by atoms with Crippen LogP contribution in [-0.4, -0.2) is 19.1 Å². The Bertz CT molecular complexity index is 597. The third-order valence-electron chi connectivity index (χ3n) is 2.98. The van der Waals surface area contributed by atoms with Crippen LogP contribution in [0.15, 0.2) is 53.0 Å². The standard InChI is InChI=1S/C16H17BrN2O2/c1-11(18-13-5-3-12(17)4-6-13)16(20)19-14-7-9-15(21-2)10-8-14/h3-11,18H,1-2H3,(H,19,20). The first-order valence-corrected chi connectivity index (χ1v) is 7.35. The Morgan fingerprint density at radius 2 is 1.62 bits per heavy atom. The van der Waals surface area contributed by atoms with Crippen molar-refractivity contribution in [3.8, 4) is 5.75 Å². The van der Waals surface area contributed by atoms with Gasteiger partial charge in [0.25, 0.3) is 0 Å². The Balaban J connectivity index is 1.93. The van der Waals surface area contributed by atoms with E-state index >= 15 is 0 Å². The molecule has 1 amide bonds. The average Bonchev–Trinajstić information content (AvgIpc) is 2.50. The minimum absolute atomic E-state index is 0.0944. The van der Waals surface area contributed by atoms with Crippen LogP contribution in [0.5, 0.6) is 5.75 Å². The molecule has 2 aromatic carbocycles. The molecule has 0 bridgehead atoms. The topological polar surface area (TPSA) is 50.4 Å². The second-order valence-electron chi connectivity index (χ2n) is 4.59. The van der Waals surface area contributed by atoms with E-state index in [0.717, 1.165) is 21.6 Å². The summed E-state index contributed by atoms with van der Waals surface area (Å²) in [7, 11) is 1.61. The van der Waals surface area contributed by atoms with Crippen molar-refractivity contribution in [1.82, 2.24) is 0 Å². The van der Waals surface area contributed by atoms with Gasteiger partial charge in [-0.1, -0.05) is 15.9 Å². The summed E-state index contributed by atoms with van der Waals surface area (Å²) in [5.74, 6) is 0.664. The molecular formula is C16H17BrN2O2. The van der Waals surface area contributed by atoms with Crippen molar-refractivity contribution in [2.75, 3.05) is 17.7 Å². The maximum Gasteiger partial charge on any atom is 0.246 e. The van der Waals surface area contributed by atoms with E-state index in [1.807, 2.05) is 55.5 Å². The van der Waals surface area contributed by atoms with E-state index in [1.165, 1.54) is 0 Å². The number of rotatable bonds is 5. The van der Waals surface area contributed by atoms with Crippen LogP contribution in [0.3, 0.4) is 0 Å². The number of methoxy groups -OCH3 is 1. The monoisotopic (exact) mass is 348 g/mol. The van der Waals surface area contributed by atoms with Gasteiger partial charge in [-0.2, -0.15) is 0 Å². The molecule has 0 fully saturated rings. The van der Waals surface area contributed by atoms with Gasteiger partial charge in [-0.25, -0.2) is 0 Å². The molecule has 2 N–H and O–H groups in total. The summed E-state index contributed by atoms with van der Waals surface area (Å²) in [6.07, 6.45) is 0. The fraction of sp³-hybridized carbons (Fsp3) is 0.188. The highest BCUT2D eigenvalue weighted by molar-refractivity contribution is 9.10. The van der Waals surface area contributed by atoms with Gasteiger partial charge in [-0.15, -0.1) is 0 Å². The zero-order chi connectivity index (χ0) is 15.2. The number of nitrogens with one attached hydrogen (secondary N) is 2. The zero-order valence-electron chi connectivity index (χ0n) is 11.9. The molecule has 0 saturated carbocycles. The van der Waals surface area contributed by atoms with Gasteiger partial charge in [0.2, 0.25) is 5.91 Å². The van der Waals surface area contributed by atoms with Crippen LogP contribution in [-0.2, 0) is 4.79 Å². The van der Waals surface area contributed by atoms with Crippen LogP contribution in [0.25, 0.3) is 0 Å². The lowest BCUT2D eigenvalue weighted by Crippen LogP contribution is -2.31. The van der Waals surface area contributed by atoms with Gasteiger partial charge in [-0.05, 0) is 55.5 Å². The van der Waals surface area contributed by atoms with E-state index in [0.29, 0.717) is 0 Å². The maximum absolute atomic E-state index is 12.1. The number of halogens is 1. The third kappa shape index (κ3) is 4.49. The van der Waals surface area contributed by atoms with E-state index in [1.54, 1.807) is 7.11 Å². The third-order valence-corrected chi connectivity index (χ3v) is 3.51. The molecule has 5 heteroatoms. The Morgan fingerprint density at radius 3 is 2.19 bits per heavy atom. The van der Waals surface area contributed by atoms with Crippen molar-refractivity contribution in [2.45, 2.75) is 13.0 Å². The van der Waals surface area contributed by atoms with E-state index in [4.69, 9.17) is 4.74 Å². The van der Waals surface area contributed by atoms with E-state index in [2.05, 4.69) is 26.6 Å². The molecule has 0 aliphatic heterocycles. The molecule has 2 rings (SSSR count). The number of benzene rings is 2. The number of anilines is 2. The van der Waals surface area contributed by atoms with Gasteiger partial charge in [0, 0.05) is 15.8 Å². The summed E-state index contributed by atoms with van der Waals surface area (Å²) in [4.78, 5) is 12.1. The summed E-state index contributed by atoms with van der Waals surface area (Å²) in [6, 6.07) is 14.6. The normalized spacial score (nSPS) is 11.6. The second-order valence-corrected chi connectivity index (χ2v) is 5.51. The molecular weight excluding hydrogens is 332 g/mol. The first kappa shape index (κ1) is 15.4. The molecule has 0 radical (unpaired) electrons. The van der Waals surface area contributed by atoms with Crippen molar-refractivity contribution in [2.24, 2.45) is 0 Å². The lowest BCUT2D eigenvalue weighted by molar-refractivity contribution is -0.116. The van der Waals surface area contributed by atoms with Gasteiger partial charge in [-0.3, -0.25) is 4.79 Å². The minimum Gasteiger partial charge on any atom is -0.497 e. The van der Waals surface area contributed by atoms with E-state index in [9.17, 15) is 4.79 Å². The number of carbonyl (C=O) groups is 1. The predicted molar refractivity (Wildman–Crippen MR) is 88.9 cm³/mol. The summed E-state index contributed by atoms with van der Waals surface area (Å²) in [5, 5.41) is 6.01. The summed E-state index contributed by atoms with van der Waals surface area (Å²) >= 11 is 3.38. The minimum atomic E-state index is -0.340. The summed E-state index contributed by atoms with van der Waals surface area (Å²) < 4.78 is 6.08. The largest absolute Gasteiger partial charge is 0.497 e. The van der Waals surface area contributed by atoms with Crippen molar-refractivity contribution in [1.29, 1.82) is 0 Å². The first-order valence-electron chi connectivity index (χ1n) is 6.55. The van der Waals surface area contributed by atoms with Crippen LogP contribution in [0.1, 0.15) is 6.92 Å². The van der Waals surface area contributed by atoms with Gasteiger partial charge in [0.15, 0.2) is 0 Å².